The highest BCUT2D eigenvalue weighted by Gasteiger charge is 2.34. The lowest BCUT2D eigenvalue weighted by Gasteiger charge is -2.25. The number of ether oxygens (including phenoxy) is 1. The number of hydrogen-bond donors (Lipinski definition) is 2. The molecular weight excluding hydrogens is 387 g/mol. The summed E-state index contributed by atoms with van der Waals surface area (Å²) >= 11 is 0. The molecule has 3 N–H and O–H groups in total. The van der Waals surface area contributed by atoms with Crippen LogP contribution >= 0.6 is 0 Å². The zero-order chi connectivity index (χ0) is 21.4. The number of rotatable bonds is 13. The van der Waals surface area contributed by atoms with E-state index in [2.05, 4.69) is 10.3 Å². The summed E-state index contributed by atoms with van der Waals surface area (Å²) in [7, 11) is 0. The predicted octanol–water partition coefficient (Wildman–Crippen LogP) is 3.01. The smallest absolute Gasteiger partial charge is 0.273 e. The molecule has 6 nitrogen and oxygen atoms in total. The maximum absolute atomic E-state index is 13.2. The number of nitrogens with zero attached hydrogens (tertiary/aromatic N) is 1. The SMILES string of the molecule is CCC[C@@H](CC(N)=O)NC(=O)c1ncc(C2CC2)cc1OCC(CF)(CF)CF. The number of primary amides is 1. The molecule has 2 rings (SSSR count). The molecule has 0 spiro atoms. The Balaban J connectivity index is 2.23. The molecular formula is C20H28F3N3O3. The van der Waals surface area contributed by atoms with E-state index in [1.54, 1.807) is 12.3 Å². The molecule has 29 heavy (non-hydrogen) atoms. The average molecular weight is 415 g/mol. The minimum atomic E-state index is -1.90. The quantitative estimate of drug-likeness (QED) is 0.518. The average Bonchev–Trinajstić information content (AvgIpc) is 3.54. The lowest BCUT2D eigenvalue weighted by atomic mass is 9.94. The van der Waals surface area contributed by atoms with Gasteiger partial charge in [0.1, 0.15) is 26.6 Å². The molecule has 0 unspecified atom stereocenters. The topological polar surface area (TPSA) is 94.3 Å². The standard InChI is InChI=1S/C20H28F3N3O3/c1-2-3-15(7-17(24)27)26-19(28)18-16(6-14(8-25-18)13-4-5-13)29-12-20(9-21,10-22)11-23/h6,8,13,15H,2-5,7,9-12H2,1H3,(H2,24,27)(H,26,28)/t15-/m0/s1. The molecule has 1 aliphatic carbocycles. The van der Waals surface area contributed by atoms with E-state index in [4.69, 9.17) is 10.5 Å². The lowest BCUT2D eigenvalue weighted by Crippen LogP contribution is -2.39. The molecule has 1 atom stereocenters. The first-order valence-corrected chi connectivity index (χ1v) is 9.77. The normalized spacial score (nSPS) is 15.0. The van der Waals surface area contributed by atoms with Crippen LogP contribution in [-0.2, 0) is 4.79 Å². The summed E-state index contributed by atoms with van der Waals surface area (Å²) in [6.45, 7) is -2.34. The maximum Gasteiger partial charge on any atom is 0.273 e. The van der Waals surface area contributed by atoms with Crippen molar-refractivity contribution in [3.8, 4) is 5.75 Å². The fourth-order valence-corrected chi connectivity index (χ4v) is 2.90. The molecule has 0 radical (unpaired) electrons. The molecule has 162 valence electrons. The van der Waals surface area contributed by atoms with Crippen molar-refractivity contribution in [2.24, 2.45) is 11.1 Å². The zero-order valence-electron chi connectivity index (χ0n) is 16.6. The van der Waals surface area contributed by atoms with Gasteiger partial charge in [-0.15, -0.1) is 0 Å². The van der Waals surface area contributed by atoms with Gasteiger partial charge in [-0.1, -0.05) is 13.3 Å². The monoisotopic (exact) mass is 415 g/mol. The molecule has 0 bridgehead atoms. The van der Waals surface area contributed by atoms with Gasteiger partial charge in [-0.25, -0.2) is 4.98 Å². The summed E-state index contributed by atoms with van der Waals surface area (Å²) in [5, 5.41) is 2.70. The van der Waals surface area contributed by atoms with Crippen LogP contribution in [0.2, 0.25) is 0 Å². The molecule has 0 saturated heterocycles. The van der Waals surface area contributed by atoms with Crippen molar-refractivity contribution in [3.05, 3.63) is 23.5 Å². The number of nitrogens with one attached hydrogen (secondary N) is 1. The van der Waals surface area contributed by atoms with Crippen molar-refractivity contribution in [3.63, 3.8) is 0 Å². The number of carbonyl (C=O) groups excluding carboxylic acids is 2. The predicted molar refractivity (Wildman–Crippen MR) is 102 cm³/mol. The van der Waals surface area contributed by atoms with Gasteiger partial charge in [0.2, 0.25) is 5.91 Å². The molecule has 0 aromatic carbocycles. The highest BCUT2D eigenvalue weighted by molar-refractivity contribution is 5.95. The van der Waals surface area contributed by atoms with Gasteiger partial charge in [0, 0.05) is 18.7 Å². The molecule has 1 fully saturated rings. The Bertz CT molecular complexity index is 701. The molecule has 1 heterocycles. The first-order valence-electron chi connectivity index (χ1n) is 9.77. The molecule has 9 heteroatoms. The number of hydrogen-bond acceptors (Lipinski definition) is 4. The summed E-state index contributed by atoms with van der Waals surface area (Å²) in [6.07, 6.45) is 4.77. The third-order valence-electron chi connectivity index (χ3n) is 4.94. The molecule has 1 aromatic rings. The van der Waals surface area contributed by atoms with Gasteiger partial charge in [-0.05, 0) is 36.8 Å². The fourth-order valence-electron chi connectivity index (χ4n) is 2.90. The van der Waals surface area contributed by atoms with Crippen LogP contribution in [-0.4, -0.2) is 49.5 Å². The fraction of sp³-hybridized carbons (Fsp3) is 0.650. The van der Waals surface area contributed by atoms with Gasteiger partial charge in [-0.2, -0.15) is 0 Å². The van der Waals surface area contributed by atoms with Crippen LogP contribution in [0.25, 0.3) is 0 Å². The highest BCUT2D eigenvalue weighted by Crippen LogP contribution is 2.41. The van der Waals surface area contributed by atoms with Crippen LogP contribution in [0.5, 0.6) is 5.75 Å². The third-order valence-corrected chi connectivity index (χ3v) is 4.94. The van der Waals surface area contributed by atoms with Crippen molar-refractivity contribution in [1.82, 2.24) is 10.3 Å². The number of nitrogens with two attached hydrogens (primary N) is 1. The van der Waals surface area contributed by atoms with Crippen LogP contribution in [0.4, 0.5) is 13.2 Å². The minimum Gasteiger partial charge on any atom is -0.490 e. The van der Waals surface area contributed by atoms with E-state index in [-0.39, 0.29) is 17.9 Å². The highest BCUT2D eigenvalue weighted by atomic mass is 19.1. The van der Waals surface area contributed by atoms with E-state index in [1.165, 1.54) is 0 Å². The molecule has 2 amide bonds. The van der Waals surface area contributed by atoms with Gasteiger partial charge >= 0.3 is 0 Å². The Morgan fingerprint density at radius 3 is 2.48 bits per heavy atom. The number of pyridine rings is 1. The Labute approximate surface area is 168 Å². The van der Waals surface area contributed by atoms with Gasteiger partial charge in [-0.3, -0.25) is 22.8 Å². The zero-order valence-corrected chi connectivity index (χ0v) is 16.6. The summed E-state index contributed by atoms with van der Waals surface area (Å²) in [5.41, 5.74) is 4.10. The molecule has 1 aromatic heterocycles. The summed E-state index contributed by atoms with van der Waals surface area (Å²) in [5.74, 6) is -0.789. The van der Waals surface area contributed by atoms with Gasteiger partial charge in [0.05, 0.1) is 5.41 Å². The Morgan fingerprint density at radius 2 is 1.97 bits per heavy atom. The number of amides is 2. The molecule has 0 aliphatic heterocycles. The number of alkyl halides is 3. The van der Waals surface area contributed by atoms with E-state index in [9.17, 15) is 22.8 Å². The van der Waals surface area contributed by atoms with Gasteiger partial charge < -0.3 is 15.8 Å². The second-order valence-electron chi connectivity index (χ2n) is 7.71. The number of halogens is 3. The lowest BCUT2D eigenvalue weighted by molar-refractivity contribution is -0.118. The van der Waals surface area contributed by atoms with Crippen molar-refractivity contribution in [2.75, 3.05) is 26.6 Å². The summed E-state index contributed by atoms with van der Waals surface area (Å²) in [4.78, 5) is 28.1. The first kappa shape index (κ1) is 23.0. The van der Waals surface area contributed by atoms with Crippen LogP contribution in [0.15, 0.2) is 12.3 Å². The second-order valence-corrected chi connectivity index (χ2v) is 7.71. The van der Waals surface area contributed by atoms with E-state index in [0.717, 1.165) is 24.8 Å². The second kappa shape index (κ2) is 10.5. The maximum atomic E-state index is 13.2. The van der Waals surface area contributed by atoms with Crippen molar-refractivity contribution in [2.45, 2.75) is 51.0 Å². The Morgan fingerprint density at radius 1 is 1.31 bits per heavy atom. The summed E-state index contributed by atoms with van der Waals surface area (Å²) < 4.78 is 45.0. The van der Waals surface area contributed by atoms with Gasteiger partial charge in [0.25, 0.3) is 5.91 Å². The van der Waals surface area contributed by atoms with Crippen LogP contribution < -0.4 is 15.8 Å². The van der Waals surface area contributed by atoms with Crippen LogP contribution in [0.1, 0.15) is 61.0 Å². The molecule has 1 aliphatic rings. The third kappa shape index (κ3) is 6.33. The van der Waals surface area contributed by atoms with Crippen molar-refractivity contribution < 1.29 is 27.5 Å². The van der Waals surface area contributed by atoms with Crippen LogP contribution in [0.3, 0.4) is 0 Å². The first-order chi connectivity index (χ1) is 13.9. The van der Waals surface area contributed by atoms with Gasteiger partial charge in [0.15, 0.2) is 11.4 Å². The van der Waals surface area contributed by atoms with E-state index in [0.29, 0.717) is 12.3 Å². The Kier molecular flexibility index (Phi) is 8.28. The van der Waals surface area contributed by atoms with Crippen molar-refractivity contribution >= 4 is 11.8 Å². The minimum absolute atomic E-state index is 0.0232. The number of carbonyl (C=O) groups is 2. The number of aromatic nitrogens is 1. The van der Waals surface area contributed by atoms with E-state index < -0.39 is 49.9 Å². The Hall–Kier alpha value is -2.32. The largest absolute Gasteiger partial charge is 0.490 e. The van der Waals surface area contributed by atoms with E-state index >= 15 is 0 Å². The van der Waals surface area contributed by atoms with Crippen LogP contribution in [0, 0.1) is 5.41 Å². The molecule has 1 saturated carbocycles. The summed E-state index contributed by atoms with van der Waals surface area (Å²) in [6, 6.07) is 1.14. The van der Waals surface area contributed by atoms with E-state index in [1.807, 2.05) is 6.92 Å². The van der Waals surface area contributed by atoms with Crippen molar-refractivity contribution in [1.29, 1.82) is 0 Å².